The van der Waals surface area contributed by atoms with E-state index in [1.165, 1.54) is 0 Å². The molecule has 0 aliphatic heterocycles. The number of hydrogen-bond acceptors (Lipinski definition) is 6. The number of nitrogens with zero attached hydrogens (tertiary/aromatic N) is 4. The Morgan fingerprint density at radius 2 is 2.00 bits per heavy atom. The average Bonchev–Trinajstić information content (AvgIpc) is 3.22. The summed E-state index contributed by atoms with van der Waals surface area (Å²) in [6.45, 7) is 0. The van der Waals surface area contributed by atoms with Crippen LogP contribution >= 0.6 is 28.3 Å². The van der Waals surface area contributed by atoms with E-state index < -0.39 is 0 Å². The van der Waals surface area contributed by atoms with Crippen molar-refractivity contribution in [1.29, 1.82) is 0 Å². The Hall–Kier alpha value is -2.45. The van der Waals surface area contributed by atoms with E-state index in [9.17, 15) is 0 Å². The van der Waals surface area contributed by atoms with Gasteiger partial charge in [0.05, 0.1) is 19.0 Å². The number of ether oxygens (including phenoxy) is 1. The van der Waals surface area contributed by atoms with Crippen LogP contribution in [0.3, 0.4) is 0 Å². The van der Waals surface area contributed by atoms with Gasteiger partial charge in [0, 0.05) is 23.5 Å². The lowest BCUT2D eigenvalue weighted by atomic mass is 10.3. The van der Waals surface area contributed by atoms with E-state index in [2.05, 4.69) is 20.3 Å². The van der Waals surface area contributed by atoms with Crippen LogP contribution in [0.1, 0.15) is 0 Å². The maximum absolute atomic E-state index is 5.16. The number of benzene rings is 1. The smallest absolute Gasteiger partial charge is 0.234 e. The van der Waals surface area contributed by atoms with Gasteiger partial charge in [-0.05, 0) is 30.3 Å². The molecule has 6 nitrogen and oxygen atoms in total. The van der Waals surface area contributed by atoms with Gasteiger partial charge in [-0.2, -0.15) is 0 Å². The molecule has 4 aromatic rings. The molecule has 0 radical (unpaired) electrons. The number of hydrogen-bond donors (Lipinski definition) is 1. The third-order valence-corrected chi connectivity index (χ3v) is 4.15. The monoisotopic (exact) mass is 403 g/mol. The minimum Gasteiger partial charge on any atom is -0.497 e. The summed E-state index contributed by atoms with van der Waals surface area (Å²) >= 11 is 1.55. The fourth-order valence-corrected chi connectivity index (χ4v) is 2.99. The van der Waals surface area contributed by atoms with E-state index in [4.69, 9.17) is 4.74 Å². The minimum atomic E-state index is 0. The molecule has 0 amide bonds. The second-order valence-electron chi connectivity index (χ2n) is 4.82. The molecular formula is C16H14BrN5OS. The summed E-state index contributed by atoms with van der Waals surface area (Å²) in [7, 11) is 1.65. The third-order valence-electron chi connectivity index (χ3n) is 3.40. The Morgan fingerprint density at radius 3 is 2.79 bits per heavy atom. The quantitative estimate of drug-likeness (QED) is 0.553. The van der Waals surface area contributed by atoms with Gasteiger partial charge in [0.15, 0.2) is 5.13 Å². The molecule has 0 aliphatic carbocycles. The molecule has 0 fully saturated rings. The van der Waals surface area contributed by atoms with E-state index in [-0.39, 0.29) is 17.0 Å². The Labute approximate surface area is 153 Å². The minimum absolute atomic E-state index is 0. The number of imidazole rings is 1. The molecular weight excluding hydrogens is 390 g/mol. The molecule has 0 saturated carbocycles. The Bertz CT molecular complexity index is 950. The highest BCUT2D eigenvalue weighted by Gasteiger charge is 2.10. The van der Waals surface area contributed by atoms with Gasteiger partial charge in [-0.1, -0.05) is 0 Å². The molecule has 0 saturated heterocycles. The molecule has 3 heterocycles. The van der Waals surface area contributed by atoms with Crippen molar-refractivity contribution >= 4 is 44.9 Å². The van der Waals surface area contributed by atoms with Crippen molar-refractivity contribution < 1.29 is 4.74 Å². The van der Waals surface area contributed by atoms with Crippen LogP contribution in [0.4, 0.5) is 10.8 Å². The topological polar surface area (TPSA) is 64.3 Å². The number of rotatable bonds is 4. The van der Waals surface area contributed by atoms with Crippen molar-refractivity contribution in [3.05, 3.63) is 54.3 Å². The normalized spacial score (nSPS) is 10.4. The van der Waals surface area contributed by atoms with Gasteiger partial charge in [-0.15, -0.1) is 28.3 Å². The zero-order valence-corrected chi connectivity index (χ0v) is 15.2. The highest BCUT2D eigenvalue weighted by molar-refractivity contribution is 8.93. The first-order valence-corrected chi connectivity index (χ1v) is 7.86. The molecule has 3 aromatic heterocycles. The fourth-order valence-electron chi connectivity index (χ4n) is 2.26. The van der Waals surface area contributed by atoms with Crippen molar-refractivity contribution in [2.45, 2.75) is 0 Å². The van der Waals surface area contributed by atoms with Gasteiger partial charge < -0.3 is 10.1 Å². The molecule has 8 heteroatoms. The van der Waals surface area contributed by atoms with Crippen molar-refractivity contribution in [1.82, 2.24) is 19.4 Å². The lowest BCUT2D eigenvalue weighted by molar-refractivity contribution is 0.415. The number of fused-ring (bicyclic) bond motifs is 1. The predicted octanol–water partition coefficient (Wildman–Crippen LogP) is 4.18. The SMILES string of the molecule is Br.COc1ccc(Nc2nc(-c3cnc4ncccn34)cs2)cc1. The number of anilines is 2. The lowest BCUT2D eigenvalue weighted by Gasteiger charge is -2.04. The number of methoxy groups -OCH3 is 1. The highest BCUT2D eigenvalue weighted by atomic mass is 79.9. The van der Waals surface area contributed by atoms with Crippen LogP contribution in [0.5, 0.6) is 5.75 Å². The second-order valence-corrected chi connectivity index (χ2v) is 5.68. The van der Waals surface area contributed by atoms with Gasteiger partial charge >= 0.3 is 0 Å². The Morgan fingerprint density at radius 1 is 1.17 bits per heavy atom. The zero-order chi connectivity index (χ0) is 15.6. The molecule has 0 unspecified atom stereocenters. The predicted molar refractivity (Wildman–Crippen MR) is 101 cm³/mol. The first-order valence-electron chi connectivity index (χ1n) is 6.98. The third kappa shape index (κ3) is 3.10. The van der Waals surface area contributed by atoms with E-state index >= 15 is 0 Å². The van der Waals surface area contributed by atoms with Crippen molar-refractivity contribution in [3.63, 3.8) is 0 Å². The molecule has 0 atom stereocenters. The number of nitrogens with one attached hydrogen (secondary N) is 1. The van der Waals surface area contributed by atoms with E-state index in [1.807, 2.05) is 46.3 Å². The summed E-state index contributed by atoms with van der Waals surface area (Å²) in [5.74, 6) is 1.49. The summed E-state index contributed by atoms with van der Waals surface area (Å²) in [6, 6.07) is 9.61. The molecule has 0 aliphatic rings. The van der Waals surface area contributed by atoms with Crippen molar-refractivity contribution in [2.24, 2.45) is 0 Å². The molecule has 0 bridgehead atoms. The van der Waals surface area contributed by atoms with Crippen LogP contribution in [-0.4, -0.2) is 26.5 Å². The maximum atomic E-state index is 5.16. The zero-order valence-electron chi connectivity index (χ0n) is 12.7. The Kier molecular flexibility index (Phi) is 4.77. The van der Waals surface area contributed by atoms with Crippen LogP contribution in [0, 0.1) is 0 Å². The summed E-state index contributed by atoms with van der Waals surface area (Å²) in [5, 5.41) is 6.12. The summed E-state index contributed by atoms with van der Waals surface area (Å²) in [6.07, 6.45) is 5.44. The van der Waals surface area contributed by atoms with E-state index in [0.717, 1.165) is 28.0 Å². The molecule has 4 rings (SSSR count). The molecule has 0 spiro atoms. The molecule has 24 heavy (non-hydrogen) atoms. The number of thiazole rings is 1. The standard InChI is InChI=1S/C16H13N5OS.BrH/c1-22-12-5-3-11(4-6-12)19-16-20-13(10-23-16)14-9-18-15-17-7-2-8-21(14)15;/h2-10H,1H3,(H,19,20);1H. The molecule has 1 N–H and O–H groups in total. The van der Waals surface area contributed by atoms with E-state index in [1.54, 1.807) is 30.8 Å². The van der Waals surface area contributed by atoms with Crippen LogP contribution in [-0.2, 0) is 0 Å². The van der Waals surface area contributed by atoms with Gasteiger partial charge in [0.1, 0.15) is 11.4 Å². The van der Waals surface area contributed by atoms with Gasteiger partial charge in [-0.3, -0.25) is 4.40 Å². The summed E-state index contributed by atoms with van der Waals surface area (Å²) in [4.78, 5) is 13.1. The van der Waals surface area contributed by atoms with Gasteiger partial charge in [-0.25, -0.2) is 15.0 Å². The number of halogens is 1. The first-order chi connectivity index (χ1) is 11.3. The number of aromatic nitrogens is 4. The highest BCUT2D eigenvalue weighted by Crippen LogP contribution is 2.28. The van der Waals surface area contributed by atoms with Crippen molar-refractivity contribution in [3.8, 4) is 17.1 Å². The molecule has 122 valence electrons. The van der Waals surface area contributed by atoms with E-state index in [0.29, 0.717) is 5.78 Å². The Balaban J connectivity index is 0.00000169. The lowest BCUT2D eigenvalue weighted by Crippen LogP contribution is -1.92. The second kappa shape index (κ2) is 6.98. The van der Waals surface area contributed by atoms with Gasteiger partial charge in [0.25, 0.3) is 0 Å². The summed E-state index contributed by atoms with van der Waals surface area (Å²) < 4.78 is 7.08. The largest absolute Gasteiger partial charge is 0.497 e. The van der Waals surface area contributed by atoms with Gasteiger partial charge in [0.2, 0.25) is 5.78 Å². The van der Waals surface area contributed by atoms with Crippen LogP contribution in [0.15, 0.2) is 54.3 Å². The van der Waals surface area contributed by atoms with Crippen LogP contribution < -0.4 is 10.1 Å². The first kappa shape index (κ1) is 16.4. The molecule has 1 aromatic carbocycles. The summed E-state index contributed by atoms with van der Waals surface area (Å²) in [5.41, 5.74) is 2.75. The maximum Gasteiger partial charge on any atom is 0.234 e. The average molecular weight is 404 g/mol. The van der Waals surface area contributed by atoms with Crippen LogP contribution in [0.2, 0.25) is 0 Å². The van der Waals surface area contributed by atoms with Crippen molar-refractivity contribution in [2.75, 3.05) is 12.4 Å². The fraction of sp³-hybridized carbons (Fsp3) is 0.0625. The van der Waals surface area contributed by atoms with Crippen LogP contribution in [0.25, 0.3) is 17.2 Å².